The second kappa shape index (κ2) is 5.45. The molecule has 0 bridgehead atoms. The Morgan fingerprint density at radius 3 is 2.62 bits per heavy atom. The normalized spacial score (nSPS) is 14.8. The van der Waals surface area contributed by atoms with Crippen LogP contribution in [0, 0.1) is 5.82 Å². The molecule has 1 aliphatic rings. The lowest BCUT2D eigenvalue weighted by Crippen LogP contribution is -1.90. The lowest BCUT2D eigenvalue weighted by molar-refractivity contribution is 0.336. The number of rotatable bonds is 2. The molecule has 1 aromatic heterocycles. The van der Waals surface area contributed by atoms with E-state index in [0.717, 1.165) is 22.5 Å². The van der Waals surface area contributed by atoms with E-state index in [1.807, 2.05) is 31.2 Å². The Labute approximate surface area is 137 Å². The van der Waals surface area contributed by atoms with Crippen molar-refractivity contribution < 1.29 is 13.9 Å². The van der Waals surface area contributed by atoms with Crippen LogP contribution in [0.2, 0.25) is 0 Å². The third kappa shape index (κ3) is 2.40. The molecule has 0 radical (unpaired) electrons. The summed E-state index contributed by atoms with van der Waals surface area (Å²) in [6.45, 7) is 1.91. The fourth-order valence-electron chi connectivity index (χ4n) is 2.69. The van der Waals surface area contributed by atoms with Crippen LogP contribution in [0.25, 0.3) is 23.1 Å². The molecule has 0 aliphatic carbocycles. The van der Waals surface area contributed by atoms with Crippen LogP contribution in [-0.2, 0) is 0 Å². The molecular weight excluding hydrogens is 307 g/mol. The van der Waals surface area contributed by atoms with Gasteiger partial charge < -0.3 is 9.52 Å². The highest BCUT2D eigenvalue weighted by atomic mass is 19.1. The van der Waals surface area contributed by atoms with Crippen molar-refractivity contribution in [3.63, 3.8) is 0 Å². The number of nitrogens with zero attached hydrogens (tertiary/aromatic N) is 2. The number of fused-ring (bicyclic) bond motifs is 1. The van der Waals surface area contributed by atoms with Crippen LogP contribution in [-0.4, -0.2) is 15.8 Å². The molecule has 3 aromatic rings. The van der Waals surface area contributed by atoms with E-state index in [0.29, 0.717) is 11.3 Å². The fourth-order valence-corrected chi connectivity index (χ4v) is 2.69. The number of hydrogen-bond acceptors (Lipinski definition) is 4. The van der Waals surface area contributed by atoms with E-state index in [1.54, 1.807) is 18.2 Å². The molecule has 24 heavy (non-hydrogen) atoms. The lowest BCUT2D eigenvalue weighted by Gasteiger charge is -1.99. The van der Waals surface area contributed by atoms with Gasteiger partial charge in [-0.25, -0.2) is 9.37 Å². The molecule has 0 saturated heterocycles. The van der Waals surface area contributed by atoms with Crippen molar-refractivity contribution in [2.24, 2.45) is 4.99 Å². The minimum Gasteiger partial charge on any atom is -0.479 e. The first kappa shape index (κ1) is 14.4. The van der Waals surface area contributed by atoms with Gasteiger partial charge in [0, 0.05) is 22.4 Å². The number of aliphatic imine (C=N–C) groups is 1. The zero-order valence-corrected chi connectivity index (χ0v) is 12.8. The summed E-state index contributed by atoms with van der Waals surface area (Å²) in [5.74, 6) is -0.384. The van der Waals surface area contributed by atoms with Gasteiger partial charge in [-0.1, -0.05) is 18.2 Å². The van der Waals surface area contributed by atoms with Gasteiger partial charge in [-0.05, 0) is 43.3 Å². The maximum absolute atomic E-state index is 13.0. The van der Waals surface area contributed by atoms with Crippen LogP contribution in [0.5, 0.6) is 5.95 Å². The molecule has 2 heterocycles. The number of aromatic nitrogens is 1. The molecule has 0 unspecified atom stereocenters. The molecule has 1 N–H and O–H groups in total. The molecule has 0 atom stereocenters. The van der Waals surface area contributed by atoms with Gasteiger partial charge in [-0.3, -0.25) is 4.99 Å². The van der Waals surface area contributed by atoms with Crippen molar-refractivity contribution in [2.45, 2.75) is 6.92 Å². The molecule has 118 valence electrons. The van der Waals surface area contributed by atoms with E-state index in [2.05, 4.69) is 9.98 Å². The van der Waals surface area contributed by atoms with Crippen molar-refractivity contribution in [1.29, 1.82) is 0 Å². The Morgan fingerprint density at radius 2 is 1.83 bits per heavy atom. The summed E-state index contributed by atoms with van der Waals surface area (Å²) in [5, 5.41) is 10.1. The predicted octanol–water partition coefficient (Wildman–Crippen LogP) is 4.83. The number of halogens is 1. The van der Waals surface area contributed by atoms with Gasteiger partial charge in [0.05, 0.1) is 5.69 Å². The largest absolute Gasteiger partial charge is 0.479 e. The number of aromatic hydroxyl groups is 1. The van der Waals surface area contributed by atoms with Gasteiger partial charge in [0.25, 0.3) is 0 Å². The summed E-state index contributed by atoms with van der Waals surface area (Å²) in [6, 6.07) is 13.5. The first-order chi connectivity index (χ1) is 11.6. The van der Waals surface area contributed by atoms with E-state index < -0.39 is 0 Å². The summed E-state index contributed by atoms with van der Waals surface area (Å²) < 4.78 is 18.3. The first-order valence-corrected chi connectivity index (χ1v) is 7.44. The summed E-state index contributed by atoms with van der Waals surface area (Å²) in [7, 11) is 0. The van der Waals surface area contributed by atoms with Gasteiger partial charge >= 0.3 is 5.95 Å². The summed E-state index contributed by atoms with van der Waals surface area (Å²) in [6.07, 6.45) is 1.75. The van der Waals surface area contributed by atoms with Gasteiger partial charge in [-0.15, -0.1) is 0 Å². The van der Waals surface area contributed by atoms with Crippen LogP contribution in [0.1, 0.15) is 18.2 Å². The Bertz CT molecular complexity index is 985. The molecule has 0 fully saturated rings. The van der Waals surface area contributed by atoms with E-state index in [-0.39, 0.29) is 17.7 Å². The molecule has 4 nitrogen and oxygen atoms in total. The second-order valence-corrected chi connectivity index (χ2v) is 5.49. The standard InChI is InChI=1S/C19H13FN2O2/c1-11-15(14-4-2-3-5-16(14)21-11)10-17-19(23)24-18(22-17)12-6-8-13(20)9-7-12/h2-10,23H,1H3/b15-10-. The average molecular weight is 320 g/mol. The monoisotopic (exact) mass is 320 g/mol. The van der Waals surface area contributed by atoms with Crippen LogP contribution in [0.3, 0.4) is 0 Å². The molecule has 0 spiro atoms. The highest BCUT2D eigenvalue weighted by Crippen LogP contribution is 2.37. The van der Waals surface area contributed by atoms with E-state index in [4.69, 9.17) is 4.42 Å². The zero-order valence-electron chi connectivity index (χ0n) is 12.8. The highest BCUT2D eigenvalue weighted by Gasteiger charge is 2.19. The van der Waals surface area contributed by atoms with Gasteiger partial charge in [0.2, 0.25) is 5.89 Å². The van der Waals surface area contributed by atoms with Crippen LogP contribution in [0.15, 0.2) is 57.9 Å². The predicted molar refractivity (Wildman–Crippen MR) is 90.6 cm³/mol. The maximum Gasteiger partial charge on any atom is 0.310 e. The van der Waals surface area contributed by atoms with E-state index in [1.165, 1.54) is 12.1 Å². The van der Waals surface area contributed by atoms with Crippen molar-refractivity contribution in [3.8, 4) is 17.4 Å². The number of para-hydroxylation sites is 1. The van der Waals surface area contributed by atoms with Crippen molar-refractivity contribution >= 4 is 23.0 Å². The molecular formula is C19H13FN2O2. The summed E-state index contributed by atoms with van der Waals surface area (Å²) in [4.78, 5) is 8.81. The van der Waals surface area contributed by atoms with Gasteiger partial charge in [0.15, 0.2) is 0 Å². The molecule has 5 heteroatoms. The summed E-state index contributed by atoms with van der Waals surface area (Å²) in [5.41, 5.74) is 4.52. The quantitative estimate of drug-likeness (QED) is 0.735. The van der Waals surface area contributed by atoms with E-state index in [9.17, 15) is 9.50 Å². The van der Waals surface area contributed by atoms with Crippen molar-refractivity contribution in [2.75, 3.05) is 0 Å². The van der Waals surface area contributed by atoms with Crippen molar-refractivity contribution in [1.82, 2.24) is 4.98 Å². The smallest absolute Gasteiger partial charge is 0.310 e. The number of allylic oxidation sites excluding steroid dienone is 1. The van der Waals surface area contributed by atoms with Crippen LogP contribution >= 0.6 is 0 Å². The van der Waals surface area contributed by atoms with Gasteiger partial charge in [-0.2, -0.15) is 0 Å². The minimum atomic E-state index is -0.341. The van der Waals surface area contributed by atoms with Gasteiger partial charge in [0.1, 0.15) is 11.5 Å². The lowest BCUT2D eigenvalue weighted by atomic mass is 10.0. The second-order valence-electron chi connectivity index (χ2n) is 5.49. The summed E-state index contributed by atoms with van der Waals surface area (Å²) >= 11 is 0. The number of oxazole rings is 1. The third-order valence-corrected chi connectivity index (χ3v) is 3.88. The van der Waals surface area contributed by atoms with E-state index >= 15 is 0 Å². The third-order valence-electron chi connectivity index (χ3n) is 3.88. The SMILES string of the molecule is CC1=Nc2ccccc2/C1=C\c1nc(-c2ccc(F)cc2)oc1O. The number of hydrogen-bond donors (Lipinski definition) is 1. The molecule has 4 rings (SSSR count). The molecule has 0 amide bonds. The van der Waals surface area contributed by atoms with Crippen molar-refractivity contribution in [3.05, 3.63) is 65.6 Å². The molecule has 0 saturated carbocycles. The molecule has 1 aliphatic heterocycles. The fraction of sp³-hybridized carbons (Fsp3) is 0.0526. The highest BCUT2D eigenvalue weighted by molar-refractivity contribution is 6.31. The average Bonchev–Trinajstić information content (AvgIpc) is 3.09. The maximum atomic E-state index is 13.0. The Balaban J connectivity index is 1.76. The number of benzene rings is 2. The Hall–Kier alpha value is -3.21. The topological polar surface area (TPSA) is 58.6 Å². The minimum absolute atomic E-state index is 0.236. The Kier molecular flexibility index (Phi) is 3.27. The molecule has 2 aromatic carbocycles. The first-order valence-electron chi connectivity index (χ1n) is 7.44. The van der Waals surface area contributed by atoms with Crippen LogP contribution < -0.4 is 0 Å². The Morgan fingerprint density at radius 1 is 1.08 bits per heavy atom. The van der Waals surface area contributed by atoms with Crippen LogP contribution in [0.4, 0.5) is 10.1 Å². The zero-order chi connectivity index (χ0) is 16.7.